The number of amides is 1. The maximum Gasteiger partial charge on any atom is 0.263 e. The van der Waals surface area contributed by atoms with Gasteiger partial charge < -0.3 is 32.0 Å². The smallest absolute Gasteiger partial charge is 0.263 e. The lowest BCUT2D eigenvalue weighted by Gasteiger charge is -2.14. The molecule has 0 spiro atoms. The number of hydrogen-bond acceptors (Lipinski definition) is 11. The van der Waals surface area contributed by atoms with Crippen molar-refractivity contribution in [1.82, 2.24) is 33.9 Å². The van der Waals surface area contributed by atoms with E-state index in [2.05, 4.69) is 36.0 Å². The molecule has 0 saturated heterocycles. The molecule has 15 nitrogen and oxygen atoms in total. The van der Waals surface area contributed by atoms with Crippen LogP contribution in [0.1, 0.15) is 10.4 Å². The number of nitrogens with one attached hydrogen (secondary N) is 3. The molecule has 6 aromatic heterocycles. The Labute approximate surface area is 242 Å². The van der Waals surface area contributed by atoms with Crippen LogP contribution in [0, 0.1) is 0 Å². The first-order valence-corrected chi connectivity index (χ1v) is 12.9. The Balaban J connectivity index is 1.23. The molecule has 0 radical (unpaired) electrons. The van der Waals surface area contributed by atoms with Gasteiger partial charge in [-0.25, -0.2) is 15.0 Å². The fraction of sp³-hybridized carbons (Fsp3) is 0.107. The van der Waals surface area contributed by atoms with Crippen LogP contribution in [-0.4, -0.2) is 39.8 Å². The Morgan fingerprint density at radius 2 is 1.44 bits per heavy atom. The summed E-state index contributed by atoms with van der Waals surface area (Å²) in [6.45, 7) is 0. The van der Waals surface area contributed by atoms with Gasteiger partial charge in [0.25, 0.3) is 17.0 Å². The lowest BCUT2D eigenvalue weighted by Crippen LogP contribution is -2.24. The first-order chi connectivity index (χ1) is 20.6. The topological polar surface area (TPSA) is 206 Å². The maximum atomic E-state index is 13.1. The molecule has 0 fully saturated rings. The Morgan fingerprint density at radius 3 is 2.09 bits per heavy atom. The number of fused-ring (bicyclic) bond motifs is 2. The molecule has 216 valence electrons. The fourth-order valence-electron chi connectivity index (χ4n) is 4.62. The zero-order chi connectivity index (χ0) is 30.4. The first-order valence-electron chi connectivity index (χ1n) is 12.9. The predicted octanol–water partition coefficient (Wildman–Crippen LogP) is 2.21. The third-order valence-corrected chi connectivity index (χ3v) is 6.83. The fourth-order valence-corrected chi connectivity index (χ4v) is 4.62. The highest BCUT2D eigenvalue weighted by molar-refractivity contribution is 6.05. The summed E-state index contributed by atoms with van der Waals surface area (Å²) in [4.78, 5) is 51.5. The molecule has 0 aliphatic heterocycles. The minimum absolute atomic E-state index is 0.0480. The van der Waals surface area contributed by atoms with E-state index in [4.69, 9.17) is 11.5 Å². The molecule has 7 N–H and O–H groups in total. The van der Waals surface area contributed by atoms with Crippen molar-refractivity contribution in [2.24, 2.45) is 21.1 Å². The summed E-state index contributed by atoms with van der Waals surface area (Å²) in [5.41, 5.74) is 11.8. The summed E-state index contributed by atoms with van der Waals surface area (Å²) in [6.07, 6.45) is 4.80. The van der Waals surface area contributed by atoms with Crippen LogP contribution in [0.5, 0.6) is 0 Å². The molecule has 0 unspecified atom stereocenters. The molecule has 0 aromatic carbocycles. The monoisotopic (exact) mass is 578 g/mol. The van der Waals surface area contributed by atoms with E-state index in [-0.39, 0.29) is 34.0 Å². The second-order valence-corrected chi connectivity index (χ2v) is 9.85. The van der Waals surface area contributed by atoms with E-state index in [1.165, 1.54) is 22.4 Å². The van der Waals surface area contributed by atoms with Gasteiger partial charge >= 0.3 is 0 Å². The van der Waals surface area contributed by atoms with E-state index in [0.717, 1.165) is 0 Å². The predicted molar refractivity (Wildman–Crippen MR) is 165 cm³/mol. The molecule has 1 amide bonds. The number of carbonyl (C=O) groups is 1. The van der Waals surface area contributed by atoms with Crippen molar-refractivity contribution in [1.29, 1.82) is 0 Å². The Kier molecular flexibility index (Phi) is 6.45. The van der Waals surface area contributed by atoms with Crippen LogP contribution in [-0.2, 0) is 21.1 Å². The van der Waals surface area contributed by atoms with Crippen LogP contribution in [0.4, 0.5) is 40.7 Å². The third kappa shape index (κ3) is 5.06. The highest BCUT2D eigenvalue weighted by atomic mass is 16.2. The second-order valence-electron chi connectivity index (χ2n) is 9.85. The van der Waals surface area contributed by atoms with Crippen LogP contribution in [0.15, 0.2) is 70.6 Å². The van der Waals surface area contributed by atoms with Crippen molar-refractivity contribution in [3.8, 4) is 0 Å². The van der Waals surface area contributed by atoms with Crippen molar-refractivity contribution in [3.05, 3.63) is 87.3 Å². The summed E-state index contributed by atoms with van der Waals surface area (Å²) in [6, 6.07) is 11.7. The Morgan fingerprint density at radius 1 is 0.767 bits per heavy atom. The van der Waals surface area contributed by atoms with Gasteiger partial charge in [0.05, 0.1) is 16.3 Å². The lowest BCUT2D eigenvalue weighted by atomic mass is 10.2. The van der Waals surface area contributed by atoms with Crippen LogP contribution in [0.25, 0.3) is 21.5 Å². The highest BCUT2D eigenvalue weighted by Crippen LogP contribution is 2.25. The molecule has 6 rings (SSSR count). The number of nitrogen functional groups attached to an aromatic ring is 2. The molecular weight excluding hydrogens is 552 g/mol. The minimum Gasteiger partial charge on any atom is -0.383 e. The van der Waals surface area contributed by atoms with Crippen molar-refractivity contribution < 1.29 is 4.79 Å². The van der Waals surface area contributed by atoms with E-state index in [1.807, 2.05) is 0 Å². The molecule has 0 saturated carbocycles. The molecule has 0 bridgehead atoms. The molecule has 0 aliphatic rings. The van der Waals surface area contributed by atoms with Gasteiger partial charge in [-0.05, 0) is 47.2 Å². The van der Waals surface area contributed by atoms with Crippen LogP contribution < -0.4 is 38.5 Å². The number of nitrogens with zero attached hydrogens (tertiary/aromatic N) is 7. The van der Waals surface area contributed by atoms with Crippen LogP contribution in [0.3, 0.4) is 0 Å². The highest BCUT2D eigenvalue weighted by Gasteiger charge is 2.16. The van der Waals surface area contributed by atoms with Gasteiger partial charge in [0.15, 0.2) is 5.82 Å². The molecule has 6 heterocycles. The van der Waals surface area contributed by atoms with E-state index in [9.17, 15) is 14.4 Å². The first kappa shape index (κ1) is 26.9. The minimum atomic E-state index is -0.480. The molecule has 0 atom stereocenters. The van der Waals surface area contributed by atoms with Gasteiger partial charge in [-0.3, -0.25) is 23.6 Å². The van der Waals surface area contributed by atoms with E-state index < -0.39 is 11.5 Å². The van der Waals surface area contributed by atoms with Crippen molar-refractivity contribution >= 4 is 68.2 Å². The van der Waals surface area contributed by atoms with Crippen molar-refractivity contribution in [3.63, 3.8) is 0 Å². The molecular formula is C28H26N12O3. The van der Waals surface area contributed by atoms with Gasteiger partial charge in [-0.2, -0.15) is 5.10 Å². The van der Waals surface area contributed by atoms with Gasteiger partial charge in [0.2, 0.25) is 0 Å². The van der Waals surface area contributed by atoms with Crippen LogP contribution in [0.2, 0.25) is 0 Å². The second kappa shape index (κ2) is 10.3. The zero-order valence-electron chi connectivity index (χ0n) is 23.3. The SMILES string of the molecule is Cn1ccc(Nc2cc3cc(NC(=O)c4ccc(Nc5cc6ccn(C)c(=O)c6c(N)n5)nc4)n(C)c(=O)c3c(N)n2)n1. The van der Waals surface area contributed by atoms with Crippen LogP contribution >= 0.6 is 0 Å². The van der Waals surface area contributed by atoms with E-state index >= 15 is 0 Å². The summed E-state index contributed by atoms with van der Waals surface area (Å²) in [5, 5.41) is 14.8. The number of anilines is 7. The van der Waals surface area contributed by atoms with Gasteiger partial charge in [-0.1, -0.05) is 0 Å². The third-order valence-electron chi connectivity index (χ3n) is 6.83. The molecule has 6 aromatic rings. The zero-order valence-corrected chi connectivity index (χ0v) is 23.3. The number of aromatic nitrogens is 7. The van der Waals surface area contributed by atoms with E-state index in [1.54, 1.807) is 73.6 Å². The molecule has 43 heavy (non-hydrogen) atoms. The normalized spacial score (nSPS) is 11.1. The number of nitrogens with two attached hydrogens (primary N) is 2. The van der Waals surface area contributed by atoms with Gasteiger partial charge in [0.1, 0.15) is 34.9 Å². The number of rotatable bonds is 6. The Hall–Kier alpha value is -6.25. The Bertz CT molecular complexity index is 2180. The quantitative estimate of drug-likeness (QED) is 0.194. The average Bonchev–Trinajstić information content (AvgIpc) is 3.37. The summed E-state index contributed by atoms with van der Waals surface area (Å²) in [7, 11) is 4.95. The van der Waals surface area contributed by atoms with Gasteiger partial charge in [-0.15, -0.1) is 0 Å². The largest absolute Gasteiger partial charge is 0.383 e. The number of hydrogen-bond donors (Lipinski definition) is 5. The number of aryl methyl sites for hydroxylation is 2. The van der Waals surface area contributed by atoms with E-state index in [0.29, 0.717) is 39.4 Å². The standard InChI is InChI=1S/C28H26N12O3/c1-38-8-6-14-10-19(34-24(29)22(14)27(38)42)32-17-5-4-15(13-31-17)26(41)36-21-12-16-11-20(33-18-7-9-39(2)37-18)35-25(30)23(16)28(43)40(21)3/h4-13H,1-3H3,(H,36,41)(H3,29,31,32,34)(H3,30,33,35,37). The average molecular weight is 579 g/mol. The van der Waals surface area contributed by atoms with Crippen molar-refractivity contribution in [2.45, 2.75) is 0 Å². The maximum absolute atomic E-state index is 13.1. The molecule has 0 aliphatic carbocycles. The number of carbonyl (C=O) groups excluding carboxylic acids is 1. The lowest BCUT2D eigenvalue weighted by molar-refractivity contribution is 0.102. The summed E-state index contributed by atoms with van der Waals surface area (Å²) < 4.78 is 4.35. The van der Waals surface area contributed by atoms with Gasteiger partial charge in [0, 0.05) is 45.8 Å². The number of pyridine rings is 5. The summed E-state index contributed by atoms with van der Waals surface area (Å²) >= 11 is 0. The van der Waals surface area contributed by atoms with Crippen molar-refractivity contribution in [2.75, 3.05) is 27.4 Å². The molecule has 15 heteroatoms. The summed E-state index contributed by atoms with van der Waals surface area (Å²) in [5.74, 6) is 1.66.